The van der Waals surface area contributed by atoms with Gasteiger partial charge in [0, 0.05) is 25.9 Å². The molecule has 4 rings (SSSR count). The van der Waals surface area contributed by atoms with Crippen molar-refractivity contribution in [3.63, 3.8) is 0 Å². The van der Waals surface area contributed by atoms with Crippen LogP contribution in [0, 0.1) is 6.92 Å². The highest BCUT2D eigenvalue weighted by Crippen LogP contribution is 2.35. The summed E-state index contributed by atoms with van der Waals surface area (Å²) in [7, 11) is 0. The minimum absolute atomic E-state index is 0.371. The maximum Gasteiger partial charge on any atom is 0.509 e. The van der Waals surface area contributed by atoms with E-state index < -0.39 is 11.8 Å². The summed E-state index contributed by atoms with van der Waals surface area (Å²) in [5.74, 6) is 1.77. The molecule has 4 heterocycles. The highest BCUT2D eigenvalue weighted by atomic mass is 32.1. The molecule has 0 saturated carbocycles. The molecule has 2 aliphatic rings. The molecule has 0 amide bonds. The largest absolute Gasteiger partial charge is 0.509 e. The van der Waals surface area contributed by atoms with Crippen LogP contribution < -0.4 is 4.90 Å². The molecule has 2 aromatic rings. The molecule has 110 valence electrons. The number of anilines is 1. The molecule has 0 N–H and O–H groups in total. The standard InChI is InChI=1S/C14H15N3O3S/c1-9-15-11(10-2-7-21-12(10)16-9)17-5-3-14(4-6-17)8-19-13(18)20-14/h2,7H,3-6,8H2,1H3. The van der Waals surface area contributed by atoms with Gasteiger partial charge in [-0.1, -0.05) is 0 Å². The Balaban J connectivity index is 1.60. The van der Waals surface area contributed by atoms with E-state index in [0.29, 0.717) is 6.61 Å². The first kappa shape index (κ1) is 12.8. The van der Waals surface area contributed by atoms with Crippen molar-refractivity contribution in [2.45, 2.75) is 25.4 Å². The second-order valence-corrected chi connectivity index (χ2v) is 6.44. The highest BCUT2D eigenvalue weighted by molar-refractivity contribution is 7.16. The van der Waals surface area contributed by atoms with Crippen molar-refractivity contribution in [3.05, 3.63) is 17.3 Å². The summed E-state index contributed by atoms with van der Waals surface area (Å²) in [5, 5.41) is 3.14. The van der Waals surface area contributed by atoms with E-state index >= 15 is 0 Å². The number of nitrogens with zero attached hydrogens (tertiary/aromatic N) is 3. The van der Waals surface area contributed by atoms with Gasteiger partial charge in [-0.15, -0.1) is 11.3 Å². The van der Waals surface area contributed by atoms with E-state index in [0.717, 1.165) is 47.8 Å². The van der Waals surface area contributed by atoms with Crippen molar-refractivity contribution in [2.24, 2.45) is 0 Å². The van der Waals surface area contributed by atoms with Gasteiger partial charge >= 0.3 is 6.16 Å². The van der Waals surface area contributed by atoms with E-state index in [2.05, 4.69) is 20.9 Å². The van der Waals surface area contributed by atoms with Gasteiger partial charge in [0.25, 0.3) is 0 Å². The average molecular weight is 305 g/mol. The minimum Gasteiger partial charge on any atom is -0.430 e. The van der Waals surface area contributed by atoms with Crippen molar-refractivity contribution >= 4 is 33.5 Å². The molecule has 0 unspecified atom stereocenters. The Kier molecular flexibility index (Phi) is 2.78. The van der Waals surface area contributed by atoms with Crippen LogP contribution in [0.15, 0.2) is 11.4 Å². The lowest BCUT2D eigenvalue weighted by Crippen LogP contribution is -2.46. The molecule has 6 nitrogen and oxygen atoms in total. The lowest BCUT2D eigenvalue weighted by Gasteiger charge is -2.37. The normalized spacial score (nSPS) is 20.8. The average Bonchev–Trinajstić information content (AvgIpc) is 3.06. The zero-order chi connectivity index (χ0) is 14.4. The van der Waals surface area contributed by atoms with Gasteiger partial charge in [0.15, 0.2) is 5.60 Å². The Morgan fingerprint density at radius 1 is 1.33 bits per heavy atom. The number of piperidine rings is 1. The summed E-state index contributed by atoms with van der Waals surface area (Å²) in [4.78, 5) is 23.5. The van der Waals surface area contributed by atoms with Crippen molar-refractivity contribution in [1.82, 2.24) is 9.97 Å². The first-order valence-electron chi connectivity index (χ1n) is 6.98. The molecule has 2 saturated heterocycles. The van der Waals surface area contributed by atoms with Gasteiger partial charge in [0.1, 0.15) is 23.1 Å². The van der Waals surface area contributed by atoms with Crippen LogP contribution in [0.25, 0.3) is 10.2 Å². The molecular formula is C14H15N3O3S. The van der Waals surface area contributed by atoms with Gasteiger partial charge in [0.2, 0.25) is 0 Å². The molecule has 2 fully saturated rings. The summed E-state index contributed by atoms with van der Waals surface area (Å²) in [6, 6.07) is 2.07. The molecule has 21 heavy (non-hydrogen) atoms. The molecule has 1 spiro atoms. The fourth-order valence-corrected chi connectivity index (χ4v) is 3.79. The maximum absolute atomic E-state index is 11.2. The first-order chi connectivity index (χ1) is 10.2. The van der Waals surface area contributed by atoms with Gasteiger partial charge < -0.3 is 14.4 Å². The fraction of sp³-hybridized carbons (Fsp3) is 0.500. The summed E-state index contributed by atoms with van der Waals surface area (Å²) >= 11 is 1.63. The van der Waals surface area contributed by atoms with Crippen LogP contribution in [-0.2, 0) is 9.47 Å². The van der Waals surface area contributed by atoms with E-state index in [9.17, 15) is 4.79 Å². The third-order valence-corrected chi connectivity index (χ3v) is 4.95. The summed E-state index contributed by atoms with van der Waals surface area (Å²) in [6.45, 7) is 3.90. The third-order valence-electron chi connectivity index (χ3n) is 4.14. The van der Waals surface area contributed by atoms with E-state index in [1.165, 1.54) is 0 Å². The maximum atomic E-state index is 11.2. The monoisotopic (exact) mass is 305 g/mol. The number of fused-ring (bicyclic) bond motifs is 1. The molecular weight excluding hydrogens is 290 g/mol. The van der Waals surface area contributed by atoms with E-state index in [4.69, 9.17) is 9.47 Å². The molecule has 0 bridgehead atoms. The molecule has 7 heteroatoms. The number of aromatic nitrogens is 2. The van der Waals surface area contributed by atoms with E-state index in [-0.39, 0.29) is 0 Å². The van der Waals surface area contributed by atoms with Crippen LogP contribution in [0.4, 0.5) is 10.6 Å². The predicted molar refractivity (Wildman–Crippen MR) is 78.8 cm³/mol. The second kappa shape index (κ2) is 4.56. The van der Waals surface area contributed by atoms with Gasteiger partial charge in [-0.3, -0.25) is 0 Å². The van der Waals surface area contributed by atoms with Gasteiger partial charge in [-0.2, -0.15) is 0 Å². The lowest BCUT2D eigenvalue weighted by atomic mass is 9.92. The summed E-state index contributed by atoms with van der Waals surface area (Å²) in [6.07, 6.45) is 1.00. The van der Waals surface area contributed by atoms with Crippen LogP contribution in [0.2, 0.25) is 0 Å². The number of hydrogen-bond donors (Lipinski definition) is 0. The van der Waals surface area contributed by atoms with Crippen LogP contribution in [-0.4, -0.2) is 41.4 Å². The number of cyclic esters (lactones) is 1. The Morgan fingerprint density at radius 2 is 2.14 bits per heavy atom. The number of hydrogen-bond acceptors (Lipinski definition) is 7. The Hall–Kier alpha value is -1.89. The Labute approximate surface area is 125 Å². The van der Waals surface area contributed by atoms with Crippen LogP contribution in [0.3, 0.4) is 0 Å². The zero-order valence-electron chi connectivity index (χ0n) is 11.7. The quantitative estimate of drug-likeness (QED) is 0.754. The fourth-order valence-electron chi connectivity index (χ4n) is 2.98. The van der Waals surface area contributed by atoms with Crippen LogP contribution in [0.1, 0.15) is 18.7 Å². The number of rotatable bonds is 1. The third kappa shape index (κ3) is 2.12. The van der Waals surface area contributed by atoms with Crippen molar-refractivity contribution in [1.29, 1.82) is 0 Å². The van der Waals surface area contributed by atoms with Crippen molar-refractivity contribution in [2.75, 3.05) is 24.6 Å². The summed E-state index contributed by atoms with van der Waals surface area (Å²) in [5.41, 5.74) is -0.427. The van der Waals surface area contributed by atoms with Crippen LogP contribution >= 0.6 is 11.3 Å². The first-order valence-corrected chi connectivity index (χ1v) is 7.86. The second-order valence-electron chi connectivity index (χ2n) is 5.54. The molecule has 2 aliphatic heterocycles. The van der Waals surface area contributed by atoms with Crippen molar-refractivity contribution in [3.8, 4) is 0 Å². The highest BCUT2D eigenvalue weighted by Gasteiger charge is 2.45. The van der Waals surface area contributed by atoms with Gasteiger partial charge in [-0.05, 0) is 18.4 Å². The number of carbonyl (C=O) groups is 1. The molecule has 2 aromatic heterocycles. The topological polar surface area (TPSA) is 64.6 Å². The summed E-state index contributed by atoms with van der Waals surface area (Å²) < 4.78 is 10.3. The van der Waals surface area contributed by atoms with Gasteiger partial charge in [0.05, 0.1) is 5.39 Å². The van der Waals surface area contributed by atoms with E-state index in [1.54, 1.807) is 11.3 Å². The number of carbonyl (C=O) groups excluding carboxylic acids is 1. The smallest absolute Gasteiger partial charge is 0.430 e. The minimum atomic E-state index is -0.540. The van der Waals surface area contributed by atoms with Crippen molar-refractivity contribution < 1.29 is 14.3 Å². The predicted octanol–water partition coefficient (Wildman–Crippen LogP) is 2.51. The molecule has 0 aromatic carbocycles. The van der Waals surface area contributed by atoms with Gasteiger partial charge in [-0.25, -0.2) is 14.8 Å². The Morgan fingerprint density at radius 3 is 2.86 bits per heavy atom. The molecule has 0 aliphatic carbocycles. The van der Waals surface area contributed by atoms with E-state index in [1.807, 2.05) is 12.3 Å². The zero-order valence-corrected chi connectivity index (χ0v) is 12.5. The molecule has 0 radical (unpaired) electrons. The number of thiophene rings is 1. The number of ether oxygens (including phenoxy) is 2. The Bertz CT molecular complexity index is 707. The number of aryl methyl sites for hydroxylation is 1. The lowest BCUT2D eigenvalue weighted by molar-refractivity contribution is 0.0366. The molecule has 0 atom stereocenters. The SMILES string of the molecule is Cc1nc(N2CCC3(CC2)COC(=O)O3)c2ccsc2n1. The van der Waals surface area contributed by atoms with Crippen LogP contribution in [0.5, 0.6) is 0 Å².